The van der Waals surface area contributed by atoms with Crippen molar-refractivity contribution in [2.45, 2.75) is 0 Å². The zero-order chi connectivity index (χ0) is 9.97. The van der Waals surface area contributed by atoms with E-state index in [-0.39, 0.29) is 5.75 Å². The molecule has 70 valence electrons. The highest BCUT2D eigenvalue weighted by atomic mass is 16.3. The molecule has 2 rings (SSSR count). The second-order valence-electron chi connectivity index (χ2n) is 2.86. The molecule has 4 nitrogen and oxygen atoms in total. The number of rotatable bonds is 1. The lowest BCUT2D eigenvalue weighted by atomic mass is 10.1. The Hall–Kier alpha value is -2.10. The highest BCUT2D eigenvalue weighted by Gasteiger charge is 2.04. The fraction of sp³-hybridized carbons (Fsp3) is 0. The average molecular weight is 187 g/mol. The molecule has 2 aromatic rings. The van der Waals surface area contributed by atoms with Gasteiger partial charge < -0.3 is 10.8 Å². The van der Waals surface area contributed by atoms with E-state index in [1.54, 1.807) is 30.3 Å². The van der Waals surface area contributed by atoms with Crippen LogP contribution >= 0.6 is 0 Å². The number of hydrogen-bond acceptors (Lipinski definition) is 4. The predicted molar refractivity (Wildman–Crippen MR) is 53.5 cm³/mol. The van der Waals surface area contributed by atoms with Crippen LogP contribution in [0.15, 0.2) is 36.4 Å². The first-order chi connectivity index (χ1) is 6.77. The molecule has 1 heterocycles. The van der Waals surface area contributed by atoms with E-state index in [4.69, 9.17) is 5.73 Å². The van der Waals surface area contributed by atoms with Crippen molar-refractivity contribution < 1.29 is 5.11 Å². The summed E-state index contributed by atoms with van der Waals surface area (Å²) < 4.78 is 0. The lowest BCUT2D eigenvalue weighted by Gasteiger charge is -2.01. The summed E-state index contributed by atoms with van der Waals surface area (Å²) in [7, 11) is 0. The quantitative estimate of drug-likeness (QED) is 0.708. The Morgan fingerprint density at radius 3 is 2.43 bits per heavy atom. The van der Waals surface area contributed by atoms with Crippen molar-refractivity contribution in [2.24, 2.45) is 0 Å². The highest BCUT2D eigenvalue weighted by molar-refractivity contribution is 5.66. The molecule has 1 aromatic heterocycles. The fourth-order valence-corrected chi connectivity index (χ4v) is 1.18. The molecule has 0 radical (unpaired) electrons. The monoisotopic (exact) mass is 187 g/mol. The number of para-hydroxylation sites is 1. The first kappa shape index (κ1) is 8.50. The summed E-state index contributed by atoms with van der Waals surface area (Å²) >= 11 is 0. The largest absolute Gasteiger partial charge is 0.507 e. The zero-order valence-corrected chi connectivity index (χ0v) is 7.38. The Bertz CT molecular complexity index is 439. The molecular formula is C10H9N3O. The lowest BCUT2D eigenvalue weighted by Crippen LogP contribution is -1.93. The minimum atomic E-state index is 0.187. The first-order valence-electron chi connectivity index (χ1n) is 4.15. The molecule has 0 saturated carbocycles. The Kier molecular flexibility index (Phi) is 2.02. The van der Waals surface area contributed by atoms with Crippen LogP contribution in [0.5, 0.6) is 5.75 Å². The summed E-state index contributed by atoms with van der Waals surface area (Å²) in [6.45, 7) is 0. The van der Waals surface area contributed by atoms with Gasteiger partial charge in [-0.2, -0.15) is 0 Å². The average Bonchev–Trinajstić information content (AvgIpc) is 2.20. The molecule has 0 aliphatic carbocycles. The third-order valence-corrected chi connectivity index (χ3v) is 1.87. The molecule has 0 amide bonds. The number of hydrogen-bond donors (Lipinski definition) is 2. The summed E-state index contributed by atoms with van der Waals surface area (Å²) in [5, 5.41) is 17.1. The zero-order valence-electron chi connectivity index (χ0n) is 7.38. The lowest BCUT2D eigenvalue weighted by molar-refractivity contribution is 0.477. The van der Waals surface area contributed by atoms with E-state index >= 15 is 0 Å². The normalized spacial score (nSPS) is 10.0. The van der Waals surface area contributed by atoms with E-state index in [1.807, 2.05) is 6.07 Å². The predicted octanol–water partition coefficient (Wildman–Crippen LogP) is 1.43. The maximum Gasteiger partial charge on any atom is 0.146 e. The van der Waals surface area contributed by atoms with Crippen LogP contribution in [0.3, 0.4) is 0 Å². The maximum absolute atomic E-state index is 9.53. The third-order valence-electron chi connectivity index (χ3n) is 1.87. The van der Waals surface area contributed by atoms with Crippen molar-refractivity contribution in [3.63, 3.8) is 0 Å². The molecule has 0 aliphatic heterocycles. The molecular weight excluding hydrogens is 178 g/mol. The number of aromatic nitrogens is 2. The summed E-state index contributed by atoms with van der Waals surface area (Å²) in [4.78, 5) is 0. The van der Waals surface area contributed by atoms with Crippen LogP contribution in [-0.4, -0.2) is 15.3 Å². The van der Waals surface area contributed by atoms with Crippen molar-refractivity contribution >= 4 is 5.82 Å². The Morgan fingerprint density at radius 2 is 1.79 bits per heavy atom. The van der Waals surface area contributed by atoms with Crippen LogP contribution in [0.1, 0.15) is 0 Å². The molecule has 0 aliphatic rings. The molecule has 0 saturated heterocycles. The van der Waals surface area contributed by atoms with Gasteiger partial charge in [0.2, 0.25) is 0 Å². The van der Waals surface area contributed by atoms with Gasteiger partial charge in [-0.3, -0.25) is 0 Å². The van der Waals surface area contributed by atoms with Crippen LogP contribution in [0, 0.1) is 0 Å². The van der Waals surface area contributed by atoms with E-state index in [9.17, 15) is 5.11 Å². The van der Waals surface area contributed by atoms with Crippen LogP contribution < -0.4 is 5.73 Å². The summed E-state index contributed by atoms with van der Waals surface area (Å²) in [5.74, 6) is 0.552. The smallest absolute Gasteiger partial charge is 0.146 e. The minimum Gasteiger partial charge on any atom is -0.507 e. The SMILES string of the molecule is Nc1ccc(-c2ccccc2O)nn1. The Balaban J connectivity index is 2.50. The molecule has 0 unspecified atom stereocenters. The molecule has 4 heteroatoms. The molecule has 1 aromatic carbocycles. The second kappa shape index (κ2) is 3.33. The third kappa shape index (κ3) is 1.50. The van der Waals surface area contributed by atoms with E-state index in [0.29, 0.717) is 17.1 Å². The van der Waals surface area contributed by atoms with Gasteiger partial charge in [-0.1, -0.05) is 12.1 Å². The number of aromatic hydroxyl groups is 1. The molecule has 0 fully saturated rings. The van der Waals surface area contributed by atoms with Gasteiger partial charge in [-0.15, -0.1) is 10.2 Å². The highest BCUT2D eigenvalue weighted by Crippen LogP contribution is 2.26. The van der Waals surface area contributed by atoms with Gasteiger partial charge in [0.15, 0.2) is 0 Å². The molecule has 0 bridgehead atoms. The Labute approximate surface area is 81.0 Å². The number of nitrogens with two attached hydrogens (primary N) is 1. The van der Waals surface area contributed by atoms with Crippen LogP contribution in [0.2, 0.25) is 0 Å². The number of nitrogens with zero attached hydrogens (tertiary/aromatic N) is 2. The van der Waals surface area contributed by atoms with Crippen molar-refractivity contribution in [2.75, 3.05) is 5.73 Å². The van der Waals surface area contributed by atoms with Gasteiger partial charge in [0, 0.05) is 5.56 Å². The van der Waals surface area contributed by atoms with Gasteiger partial charge in [0.05, 0.1) is 5.69 Å². The van der Waals surface area contributed by atoms with E-state index < -0.39 is 0 Å². The summed E-state index contributed by atoms with van der Waals surface area (Å²) in [6, 6.07) is 10.3. The van der Waals surface area contributed by atoms with Crippen LogP contribution in [-0.2, 0) is 0 Å². The van der Waals surface area contributed by atoms with Crippen LogP contribution in [0.4, 0.5) is 5.82 Å². The van der Waals surface area contributed by atoms with E-state index in [1.165, 1.54) is 0 Å². The molecule has 3 N–H and O–H groups in total. The van der Waals surface area contributed by atoms with Gasteiger partial charge in [-0.05, 0) is 24.3 Å². The number of benzene rings is 1. The number of anilines is 1. The van der Waals surface area contributed by atoms with Gasteiger partial charge in [0.1, 0.15) is 11.6 Å². The van der Waals surface area contributed by atoms with Crippen molar-refractivity contribution in [1.29, 1.82) is 0 Å². The molecule has 0 spiro atoms. The van der Waals surface area contributed by atoms with E-state index in [2.05, 4.69) is 10.2 Å². The van der Waals surface area contributed by atoms with E-state index in [0.717, 1.165) is 0 Å². The van der Waals surface area contributed by atoms with Gasteiger partial charge in [0.25, 0.3) is 0 Å². The topological polar surface area (TPSA) is 72.0 Å². The van der Waals surface area contributed by atoms with Crippen molar-refractivity contribution in [3.8, 4) is 17.0 Å². The minimum absolute atomic E-state index is 0.187. The maximum atomic E-state index is 9.53. The molecule has 14 heavy (non-hydrogen) atoms. The molecule has 0 atom stereocenters. The fourth-order valence-electron chi connectivity index (χ4n) is 1.18. The second-order valence-corrected chi connectivity index (χ2v) is 2.86. The first-order valence-corrected chi connectivity index (χ1v) is 4.15. The van der Waals surface area contributed by atoms with Gasteiger partial charge in [-0.25, -0.2) is 0 Å². The number of nitrogen functional groups attached to an aromatic ring is 1. The van der Waals surface area contributed by atoms with Crippen molar-refractivity contribution in [1.82, 2.24) is 10.2 Å². The number of phenolic OH excluding ortho intramolecular Hbond substituents is 1. The van der Waals surface area contributed by atoms with Crippen molar-refractivity contribution in [3.05, 3.63) is 36.4 Å². The summed E-state index contributed by atoms with van der Waals surface area (Å²) in [5.41, 5.74) is 6.67. The number of phenols is 1. The van der Waals surface area contributed by atoms with Crippen LogP contribution in [0.25, 0.3) is 11.3 Å². The standard InChI is InChI=1S/C10H9N3O/c11-10-6-5-8(12-13-10)7-3-1-2-4-9(7)14/h1-6,14H,(H2,11,13). The Morgan fingerprint density at radius 1 is 1.00 bits per heavy atom. The van der Waals surface area contributed by atoms with Gasteiger partial charge >= 0.3 is 0 Å². The summed E-state index contributed by atoms with van der Waals surface area (Å²) in [6.07, 6.45) is 0.